The first kappa shape index (κ1) is 33.5. The van der Waals surface area contributed by atoms with Gasteiger partial charge in [0.05, 0.1) is 0 Å². The van der Waals surface area contributed by atoms with E-state index >= 15 is 0 Å². The summed E-state index contributed by atoms with van der Waals surface area (Å²) < 4.78 is 0. The number of aryl methyl sites for hydroxylation is 2. The second-order valence-electron chi connectivity index (χ2n) is 13.0. The van der Waals surface area contributed by atoms with Crippen molar-refractivity contribution in [2.75, 3.05) is 0 Å². The predicted octanol–water partition coefficient (Wildman–Crippen LogP) is 12.3. The van der Waals surface area contributed by atoms with Crippen molar-refractivity contribution in [2.45, 2.75) is 46.5 Å². The zero-order valence-electron chi connectivity index (χ0n) is 29.6. The highest BCUT2D eigenvalue weighted by Gasteiger charge is 2.16. The van der Waals surface area contributed by atoms with Gasteiger partial charge in [-0.1, -0.05) is 130 Å². The fourth-order valence-electron chi connectivity index (χ4n) is 6.24. The molecule has 0 bridgehead atoms. The molecule has 0 radical (unpaired) electrons. The fourth-order valence-corrected chi connectivity index (χ4v) is 6.24. The van der Waals surface area contributed by atoms with Crippen LogP contribution >= 0.6 is 0 Å². The maximum Gasteiger partial charge on any atom is 0.164 e. The minimum Gasteiger partial charge on any atom is -0.262 e. The molecule has 0 fully saturated rings. The van der Waals surface area contributed by atoms with Crippen LogP contribution in [0.25, 0.3) is 73.6 Å². The summed E-state index contributed by atoms with van der Waals surface area (Å²) in [6.07, 6.45) is 11.2. The summed E-state index contributed by atoms with van der Waals surface area (Å²) in [6, 6.07) is 46.7. The largest absolute Gasteiger partial charge is 0.262 e. The lowest BCUT2D eigenvalue weighted by molar-refractivity contribution is 0.886. The Morgan fingerprint density at radius 1 is 0.471 bits per heavy atom. The first-order valence-corrected chi connectivity index (χ1v) is 17.9. The van der Waals surface area contributed by atoms with Crippen molar-refractivity contribution in [2.24, 2.45) is 0 Å². The Balaban J connectivity index is 0.000000966. The normalized spacial score (nSPS) is 11.7. The van der Waals surface area contributed by atoms with Gasteiger partial charge in [0.25, 0.3) is 0 Å². The number of fused-ring (bicyclic) bond motifs is 1. The summed E-state index contributed by atoms with van der Waals surface area (Å²) in [7, 11) is 0. The van der Waals surface area contributed by atoms with Crippen LogP contribution in [0.2, 0.25) is 0 Å². The Morgan fingerprint density at radius 2 is 0.980 bits per heavy atom. The van der Waals surface area contributed by atoms with Crippen molar-refractivity contribution in [3.8, 4) is 67.5 Å². The molecule has 0 aliphatic heterocycles. The van der Waals surface area contributed by atoms with Crippen LogP contribution in [0.3, 0.4) is 0 Å². The molecule has 0 amide bonds. The van der Waals surface area contributed by atoms with Crippen LogP contribution < -0.4 is 0 Å². The lowest BCUT2D eigenvalue weighted by atomic mass is 9.90. The summed E-state index contributed by atoms with van der Waals surface area (Å²) in [5, 5.41) is 0. The quantitative estimate of drug-likeness (QED) is 0.170. The van der Waals surface area contributed by atoms with E-state index in [1.807, 2.05) is 73.8 Å². The number of nitrogens with zero attached hydrogens (tertiary/aromatic N) is 4. The smallest absolute Gasteiger partial charge is 0.164 e. The second-order valence-corrected chi connectivity index (χ2v) is 13.0. The first-order valence-electron chi connectivity index (χ1n) is 17.9. The Labute approximate surface area is 301 Å². The molecule has 7 aromatic rings. The van der Waals surface area contributed by atoms with E-state index in [0.717, 1.165) is 63.0 Å². The van der Waals surface area contributed by atoms with Crippen LogP contribution in [0.15, 0.2) is 146 Å². The van der Waals surface area contributed by atoms with Gasteiger partial charge in [-0.05, 0) is 107 Å². The zero-order chi connectivity index (χ0) is 35.0. The number of unbranched alkanes of at least 4 members (excludes halogenated alkanes) is 1. The Bertz CT molecular complexity index is 2230. The molecule has 51 heavy (non-hydrogen) atoms. The first-order chi connectivity index (χ1) is 25.1. The molecule has 1 aliphatic rings. The van der Waals surface area contributed by atoms with E-state index in [4.69, 9.17) is 15.0 Å². The highest BCUT2D eigenvalue weighted by molar-refractivity contribution is 5.83. The van der Waals surface area contributed by atoms with Crippen LogP contribution in [-0.4, -0.2) is 19.9 Å². The average Bonchev–Trinajstić information content (AvgIpc) is 3.21. The topological polar surface area (TPSA) is 51.6 Å². The molecule has 250 valence electrons. The van der Waals surface area contributed by atoms with Crippen LogP contribution in [0, 0.1) is 6.92 Å². The summed E-state index contributed by atoms with van der Waals surface area (Å²) in [5.74, 6) is 1.94. The summed E-state index contributed by atoms with van der Waals surface area (Å²) in [5.41, 5.74) is 13.3. The van der Waals surface area contributed by atoms with E-state index in [2.05, 4.69) is 104 Å². The van der Waals surface area contributed by atoms with Crippen LogP contribution in [-0.2, 0) is 6.42 Å². The molecule has 2 heterocycles. The molecule has 2 aromatic heterocycles. The molecule has 1 aliphatic carbocycles. The highest BCUT2D eigenvalue weighted by atomic mass is 15.0. The molecule has 0 atom stereocenters. The van der Waals surface area contributed by atoms with E-state index < -0.39 is 0 Å². The van der Waals surface area contributed by atoms with Crippen molar-refractivity contribution in [1.82, 2.24) is 19.9 Å². The van der Waals surface area contributed by atoms with Crippen molar-refractivity contribution in [3.05, 3.63) is 163 Å². The van der Waals surface area contributed by atoms with Crippen LogP contribution in [0.5, 0.6) is 0 Å². The monoisotopic (exact) mass is 662 g/mol. The number of pyridine rings is 1. The Morgan fingerprint density at radius 3 is 1.59 bits per heavy atom. The lowest BCUT2D eigenvalue weighted by Crippen LogP contribution is -2.00. The number of aromatic nitrogens is 4. The molecular formula is C47H42N4. The van der Waals surface area contributed by atoms with Gasteiger partial charge in [0, 0.05) is 28.6 Å². The SMILES string of the molecule is CCCC.Cc1cc(-c2cccc(-c3cc(-c4ccc5c(c4)C=CCC5)cc(-c4nc(-c5ccccc5)nc(-c5ccccc5)n4)c3)c2)ccn1. The molecule has 8 rings (SSSR count). The van der Waals surface area contributed by atoms with E-state index in [1.165, 1.54) is 29.5 Å². The van der Waals surface area contributed by atoms with E-state index in [-0.39, 0.29) is 0 Å². The fraction of sp³-hybridized carbons (Fsp3) is 0.149. The standard InChI is InChI=1S/C43H32N4.C4H10/c1-29-23-37(21-22-44-29)34-17-10-18-35(25-34)38-26-39(36-20-19-30-11-8-9-16-33(30)24-36)28-40(27-38)43-46-41(31-12-4-2-5-13-31)45-42(47-43)32-14-6-3-7-15-32;1-3-4-2/h2-7,9-10,12-28H,8,11H2,1H3;3-4H2,1-2H3. The third-order valence-corrected chi connectivity index (χ3v) is 9.17. The number of hydrogen-bond donors (Lipinski definition) is 0. The van der Waals surface area contributed by atoms with Gasteiger partial charge in [-0.2, -0.15) is 0 Å². The van der Waals surface area contributed by atoms with Crippen molar-refractivity contribution in [3.63, 3.8) is 0 Å². The van der Waals surface area contributed by atoms with Crippen LogP contribution in [0.4, 0.5) is 0 Å². The molecule has 4 heteroatoms. The Kier molecular flexibility index (Phi) is 10.3. The molecule has 0 saturated carbocycles. The number of benzene rings is 5. The lowest BCUT2D eigenvalue weighted by Gasteiger charge is -2.15. The van der Waals surface area contributed by atoms with E-state index in [1.54, 1.807) is 0 Å². The summed E-state index contributed by atoms with van der Waals surface area (Å²) in [4.78, 5) is 19.5. The second kappa shape index (κ2) is 15.7. The molecule has 0 unspecified atom stereocenters. The maximum atomic E-state index is 5.07. The predicted molar refractivity (Wildman–Crippen MR) is 213 cm³/mol. The number of allylic oxidation sites excluding steroid dienone is 1. The average molecular weight is 663 g/mol. The number of hydrogen-bond acceptors (Lipinski definition) is 4. The maximum absolute atomic E-state index is 5.07. The number of rotatable bonds is 7. The van der Waals surface area contributed by atoms with Gasteiger partial charge in [0.1, 0.15) is 0 Å². The van der Waals surface area contributed by atoms with Gasteiger partial charge in [-0.3, -0.25) is 4.98 Å². The van der Waals surface area contributed by atoms with Gasteiger partial charge >= 0.3 is 0 Å². The van der Waals surface area contributed by atoms with Crippen LogP contribution in [0.1, 0.15) is 49.9 Å². The Hall–Kier alpha value is -6.00. The molecular weight excluding hydrogens is 621 g/mol. The summed E-state index contributed by atoms with van der Waals surface area (Å²) in [6.45, 7) is 6.39. The van der Waals surface area contributed by atoms with Crippen molar-refractivity contribution < 1.29 is 0 Å². The zero-order valence-corrected chi connectivity index (χ0v) is 29.6. The third kappa shape index (κ3) is 7.92. The van der Waals surface area contributed by atoms with E-state index in [0.29, 0.717) is 17.5 Å². The van der Waals surface area contributed by atoms with Gasteiger partial charge < -0.3 is 0 Å². The molecule has 4 nitrogen and oxygen atoms in total. The van der Waals surface area contributed by atoms with Gasteiger partial charge in [-0.25, -0.2) is 15.0 Å². The van der Waals surface area contributed by atoms with E-state index in [9.17, 15) is 0 Å². The summed E-state index contributed by atoms with van der Waals surface area (Å²) >= 11 is 0. The van der Waals surface area contributed by atoms with Crippen molar-refractivity contribution >= 4 is 6.08 Å². The highest BCUT2D eigenvalue weighted by Crippen LogP contribution is 2.36. The minimum absolute atomic E-state index is 0.638. The molecule has 0 spiro atoms. The van der Waals surface area contributed by atoms with Crippen molar-refractivity contribution in [1.29, 1.82) is 0 Å². The molecule has 5 aromatic carbocycles. The van der Waals surface area contributed by atoms with Gasteiger partial charge in [0.15, 0.2) is 17.5 Å². The third-order valence-electron chi connectivity index (χ3n) is 9.17. The molecule has 0 saturated heterocycles. The minimum atomic E-state index is 0.638. The van der Waals surface area contributed by atoms with Gasteiger partial charge in [0.2, 0.25) is 0 Å². The van der Waals surface area contributed by atoms with Gasteiger partial charge in [-0.15, -0.1) is 0 Å². The molecule has 0 N–H and O–H groups in total.